The van der Waals surface area contributed by atoms with Crippen LogP contribution in [-0.2, 0) is 54.3 Å². The molecule has 0 aliphatic carbocycles. The predicted octanol–water partition coefficient (Wildman–Crippen LogP) is 2.85. The summed E-state index contributed by atoms with van der Waals surface area (Å²) in [6.07, 6.45) is 5.41. The van der Waals surface area contributed by atoms with E-state index in [4.69, 9.17) is 20.9 Å². The number of nitrogens with one attached hydrogen (secondary N) is 5. The Bertz CT molecular complexity index is 1990. The molecule has 20 nitrogen and oxygen atoms in total. The molecule has 418 valence electrons. The number of carbonyl (C=O) groups is 8. The van der Waals surface area contributed by atoms with E-state index in [2.05, 4.69) is 33.5 Å². The number of likely N-dealkylation sites (tertiary alicyclic amines) is 2. The van der Waals surface area contributed by atoms with E-state index >= 15 is 0 Å². The summed E-state index contributed by atoms with van der Waals surface area (Å²) in [5.74, 6) is -3.34. The first kappa shape index (κ1) is 63.1. The molecule has 1 aromatic carbocycles. The second kappa shape index (κ2) is 31.0. The fourth-order valence-electron chi connectivity index (χ4n) is 10.2. The Morgan fingerprint density at radius 3 is 2.07 bits per heavy atom. The van der Waals surface area contributed by atoms with Crippen molar-refractivity contribution in [3.05, 3.63) is 29.8 Å². The SMILES string of the molecule is CCCCC(C)(C)NC(=O)C1CCN(C(=O)CCC(=O)NC(C(=O)NCC(=O)Nc2ccc(C[C@@H](CN)NC(=O)[C@H](C)[C@@H](OC)[C@@H]3CCCN3C(=O)C[C@@H](OC)C([C@@H](C)CC)N(C)C(=O)CN)cc2)C(C)C)CC1. The third-order valence-electron chi connectivity index (χ3n) is 14.9. The molecule has 2 unspecified atom stereocenters. The van der Waals surface area contributed by atoms with Crippen molar-refractivity contribution in [2.75, 3.05) is 65.9 Å². The van der Waals surface area contributed by atoms with Crippen molar-refractivity contribution in [2.24, 2.45) is 35.1 Å². The van der Waals surface area contributed by atoms with Crippen LogP contribution >= 0.6 is 0 Å². The molecule has 1 aromatic rings. The quantitative estimate of drug-likeness (QED) is 0.0586. The summed E-state index contributed by atoms with van der Waals surface area (Å²) in [4.78, 5) is 110. The van der Waals surface area contributed by atoms with E-state index in [0.717, 1.165) is 37.7 Å². The maximum absolute atomic E-state index is 14.0. The van der Waals surface area contributed by atoms with Gasteiger partial charge in [0.15, 0.2) is 0 Å². The number of ether oxygens (including phenoxy) is 2. The maximum atomic E-state index is 14.0. The third kappa shape index (κ3) is 19.2. The van der Waals surface area contributed by atoms with Crippen molar-refractivity contribution in [1.29, 1.82) is 0 Å². The van der Waals surface area contributed by atoms with Crippen LogP contribution in [0.25, 0.3) is 0 Å². The zero-order valence-electron chi connectivity index (χ0n) is 46.4. The second-order valence-electron chi connectivity index (χ2n) is 21.4. The second-order valence-corrected chi connectivity index (χ2v) is 21.4. The van der Waals surface area contributed by atoms with Gasteiger partial charge in [-0.1, -0.05) is 72.9 Å². The van der Waals surface area contributed by atoms with Crippen LogP contribution in [0.5, 0.6) is 0 Å². The molecule has 0 aromatic heterocycles. The van der Waals surface area contributed by atoms with Gasteiger partial charge < -0.3 is 62.2 Å². The van der Waals surface area contributed by atoms with Crippen molar-refractivity contribution >= 4 is 52.9 Å². The minimum atomic E-state index is -0.933. The number of nitrogens with zero attached hydrogens (tertiary/aromatic N) is 3. The number of benzene rings is 1. The fraction of sp³-hybridized carbons (Fsp3) is 0.741. The number of anilines is 1. The number of hydrogen-bond acceptors (Lipinski definition) is 12. The Labute approximate surface area is 440 Å². The van der Waals surface area contributed by atoms with E-state index in [1.807, 2.05) is 39.8 Å². The summed E-state index contributed by atoms with van der Waals surface area (Å²) in [5, 5.41) is 14.3. The number of rotatable bonds is 30. The highest BCUT2D eigenvalue weighted by atomic mass is 16.5. The van der Waals surface area contributed by atoms with Crippen molar-refractivity contribution < 1.29 is 47.8 Å². The van der Waals surface area contributed by atoms with Crippen LogP contribution < -0.4 is 38.1 Å². The average Bonchev–Trinajstić information content (AvgIpc) is 3.87. The highest BCUT2D eigenvalue weighted by Crippen LogP contribution is 2.30. The molecule has 2 aliphatic heterocycles. The summed E-state index contributed by atoms with van der Waals surface area (Å²) in [6.45, 7) is 16.6. The van der Waals surface area contributed by atoms with Crippen LogP contribution in [0.15, 0.2) is 24.3 Å². The van der Waals surface area contributed by atoms with Gasteiger partial charge in [0, 0.05) is 83.5 Å². The van der Waals surface area contributed by atoms with Crippen LogP contribution in [0, 0.1) is 23.7 Å². The zero-order valence-corrected chi connectivity index (χ0v) is 46.4. The summed E-state index contributed by atoms with van der Waals surface area (Å²) in [5.41, 5.74) is 12.9. The average molecular weight is 1040 g/mol. The monoisotopic (exact) mass is 1040 g/mol. The fourth-order valence-corrected chi connectivity index (χ4v) is 10.2. The Morgan fingerprint density at radius 1 is 0.838 bits per heavy atom. The number of nitrogens with two attached hydrogens (primary N) is 2. The van der Waals surface area contributed by atoms with Gasteiger partial charge in [-0.05, 0) is 81.9 Å². The van der Waals surface area contributed by atoms with Gasteiger partial charge in [-0.3, -0.25) is 38.4 Å². The Morgan fingerprint density at radius 2 is 1.50 bits per heavy atom. The molecule has 0 spiro atoms. The number of likely N-dealkylation sites (N-methyl/N-ethyl adjacent to an activating group) is 1. The van der Waals surface area contributed by atoms with E-state index in [9.17, 15) is 38.4 Å². The van der Waals surface area contributed by atoms with Crippen molar-refractivity contribution in [3.63, 3.8) is 0 Å². The van der Waals surface area contributed by atoms with E-state index in [1.165, 1.54) is 7.11 Å². The first-order valence-electron chi connectivity index (χ1n) is 26.9. The molecule has 8 amide bonds. The molecule has 0 radical (unpaired) electrons. The van der Waals surface area contributed by atoms with Crippen LogP contribution in [0.3, 0.4) is 0 Å². The third-order valence-corrected chi connectivity index (χ3v) is 14.9. The van der Waals surface area contributed by atoms with Gasteiger partial charge in [-0.25, -0.2) is 0 Å². The first-order valence-corrected chi connectivity index (χ1v) is 26.9. The van der Waals surface area contributed by atoms with Gasteiger partial charge in [0.2, 0.25) is 47.3 Å². The Hall–Kier alpha value is -5.18. The van der Waals surface area contributed by atoms with Crippen molar-refractivity contribution in [2.45, 2.75) is 174 Å². The lowest BCUT2D eigenvalue weighted by Gasteiger charge is -2.39. The molecule has 74 heavy (non-hydrogen) atoms. The Kier molecular flexibility index (Phi) is 26.4. The number of methoxy groups -OCH3 is 2. The molecule has 0 saturated carbocycles. The molecule has 2 fully saturated rings. The van der Waals surface area contributed by atoms with E-state index in [0.29, 0.717) is 51.0 Å². The van der Waals surface area contributed by atoms with Crippen LogP contribution in [0.4, 0.5) is 5.69 Å². The highest BCUT2D eigenvalue weighted by molar-refractivity contribution is 5.96. The van der Waals surface area contributed by atoms with Crippen LogP contribution in [0.1, 0.15) is 132 Å². The van der Waals surface area contributed by atoms with Crippen molar-refractivity contribution in [1.82, 2.24) is 36.0 Å². The van der Waals surface area contributed by atoms with Gasteiger partial charge in [0.05, 0.1) is 49.7 Å². The van der Waals surface area contributed by atoms with Crippen LogP contribution in [-0.4, -0.2) is 164 Å². The maximum Gasteiger partial charge on any atom is 0.243 e. The summed E-state index contributed by atoms with van der Waals surface area (Å²) in [7, 11) is 4.77. The van der Waals surface area contributed by atoms with Gasteiger partial charge in [0.25, 0.3) is 0 Å². The topological polar surface area (TPSA) is 277 Å². The molecule has 2 heterocycles. The number of carbonyl (C=O) groups excluding carboxylic acids is 8. The molecular formula is C54H92N10O10. The minimum absolute atomic E-state index is 0.0170. The molecule has 0 bridgehead atoms. The van der Waals surface area contributed by atoms with Crippen molar-refractivity contribution in [3.8, 4) is 0 Å². The molecule has 2 aliphatic rings. The summed E-state index contributed by atoms with van der Waals surface area (Å²) in [6, 6.07) is 4.95. The zero-order chi connectivity index (χ0) is 55.3. The number of hydrogen-bond donors (Lipinski definition) is 7. The standard InChI is InChI=1S/C54H92N10O10/c1-12-14-25-54(7,8)61-52(71)38-23-27-63(28-24-38)45(67)22-21-43(65)60-48(34(3)4)53(72)57-33-44(66)58-39-19-17-37(18-20-39)29-40(31-55)59-51(70)36(6)50(74-11)41-16-15-26-64(41)46(68)30-42(73-10)49(35(5)13-2)62(9)47(69)32-56/h17-20,34-36,38,40-42,48-50H,12-16,21-33,55-56H2,1-11H3,(H,57,72)(H,58,66)(H,59,70)(H,60,65)(H,61,71)/t35-,36+,40-,41-,42+,48?,49?,50+/m0/s1. The lowest BCUT2D eigenvalue weighted by atomic mass is 9.90. The Balaban J connectivity index is 1.47. The first-order chi connectivity index (χ1) is 35.0. The molecule has 9 N–H and O–H groups in total. The number of piperidine rings is 1. The molecular weight excluding hydrogens is 949 g/mol. The predicted molar refractivity (Wildman–Crippen MR) is 285 cm³/mol. The number of amides is 8. The van der Waals surface area contributed by atoms with Crippen LogP contribution in [0.2, 0.25) is 0 Å². The normalized spacial score (nSPS) is 18.1. The number of unbranched alkanes of at least 4 members (excludes halogenated alkanes) is 1. The van der Waals surface area contributed by atoms with Gasteiger partial charge >= 0.3 is 0 Å². The lowest BCUT2D eigenvalue weighted by molar-refractivity contribution is -0.145. The summed E-state index contributed by atoms with van der Waals surface area (Å²) < 4.78 is 11.8. The largest absolute Gasteiger partial charge is 0.379 e. The van der Waals surface area contributed by atoms with Gasteiger partial charge in [-0.15, -0.1) is 0 Å². The molecule has 2 saturated heterocycles. The highest BCUT2D eigenvalue weighted by Gasteiger charge is 2.42. The molecule has 20 heteroatoms. The van der Waals surface area contributed by atoms with E-state index < -0.39 is 47.9 Å². The van der Waals surface area contributed by atoms with E-state index in [1.54, 1.807) is 61.8 Å². The van der Waals surface area contributed by atoms with Gasteiger partial charge in [0.1, 0.15) is 6.04 Å². The van der Waals surface area contributed by atoms with E-state index in [-0.39, 0.29) is 104 Å². The smallest absolute Gasteiger partial charge is 0.243 e. The lowest BCUT2D eigenvalue weighted by Crippen LogP contribution is -2.54. The minimum Gasteiger partial charge on any atom is -0.379 e. The molecule has 3 rings (SSSR count). The summed E-state index contributed by atoms with van der Waals surface area (Å²) >= 11 is 0. The van der Waals surface area contributed by atoms with Gasteiger partial charge in [-0.2, -0.15) is 0 Å². The molecule has 8 atom stereocenters.